The molecule has 17 heavy (non-hydrogen) atoms. The molecule has 1 saturated carbocycles. The van der Waals surface area contributed by atoms with Gasteiger partial charge in [0, 0.05) is 19.1 Å². The third-order valence-electron chi connectivity index (χ3n) is 4.94. The second kappa shape index (κ2) is 4.97. The summed E-state index contributed by atoms with van der Waals surface area (Å²) in [5, 5.41) is 9.00. The molecule has 2 fully saturated rings. The van der Waals surface area contributed by atoms with Crippen molar-refractivity contribution < 1.29 is 9.90 Å². The van der Waals surface area contributed by atoms with Crippen LogP contribution in [0, 0.1) is 23.7 Å². The van der Waals surface area contributed by atoms with Gasteiger partial charge in [-0.05, 0) is 30.6 Å². The van der Waals surface area contributed by atoms with E-state index < -0.39 is 5.97 Å². The fraction of sp³-hybridized carbons (Fsp3) is 0.929. The molecule has 0 aromatic heterocycles. The molecule has 3 unspecified atom stereocenters. The van der Waals surface area contributed by atoms with Gasteiger partial charge in [0.1, 0.15) is 0 Å². The van der Waals surface area contributed by atoms with E-state index in [2.05, 4.69) is 18.7 Å². The van der Waals surface area contributed by atoms with Gasteiger partial charge in [0.15, 0.2) is 0 Å². The van der Waals surface area contributed by atoms with Gasteiger partial charge in [0.05, 0.1) is 5.92 Å². The van der Waals surface area contributed by atoms with Crippen LogP contribution in [0.3, 0.4) is 0 Å². The molecule has 2 aliphatic rings. The highest BCUT2D eigenvalue weighted by Crippen LogP contribution is 2.37. The van der Waals surface area contributed by atoms with Gasteiger partial charge in [0.25, 0.3) is 0 Å². The topological polar surface area (TPSA) is 40.5 Å². The van der Waals surface area contributed by atoms with Gasteiger partial charge in [-0.3, -0.25) is 9.69 Å². The summed E-state index contributed by atoms with van der Waals surface area (Å²) in [7, 11) is 0. The summed E-state index contributed by atoms with van der Waals surface area (Å²) in [5.41, 5.74) is 0. The molecular formula is C14H25NO2. The van der Waals surface area contributed by atoms with E-state index in [0.29, 0.717) is 12.0 Å². The molecule has 0 amide bonds. The summed E-state index contributed by atoms with van der Waals surface area (Å²) in [4.78, 5) is 13.5. The highest BCUT2D eigenvalue weighted by molar-refractivity contribution is 5.70. The Balaban J connectivity index is 1.88. The summed E-state index contributed by atoms with van der Waals surface area (Å²) >= 11 is 0. The number of aliphatic carboxylic acids is 1. The Morgan fingerprint density at radius 1 is 1.24 bits per heavy atom. The largest absolute Gasteiger partial charge is 0.481 e. The number of carboxylic acid groups (broad SMARTS) is 1. The van der Waals surface area contributed by atoms with Crippen molar-refractivity contribution in [1.29, 1.82) is 0 Å². The summed E-state index contributed by atoms with van der Waals surface area (Å²) in [6.07, 6.45) is 4.04. The van der Waals surface area contributed by atoms with Crippen molar-refractivity contribution in [3.05, 3.63) is 0 Å². The molecule has 0 bridgehead atoms. The molecule has 3 nitrogen and oxygen atoms in total. The molecule has 1 heterocycles. The van der Waals surface area contributed by atoms with Crippen LogP contribution in [0.4, 0.5) is 0 Å². The molecule has 1 aliphatic carbocycles. The first-order valence-corrected chi connectivity index (χ1v) is 6.97. The van der Waals surface area contributed by atoms with E-state index in [1.165, 1.54) is 19.3 Å². The Bertz CT molecular complexity index is 276. The van der Waals surface area contributed by atoms with E-state index in [9.17, 15) is 4.79 Å². The molecule has 0 aromatic carbocycles. The first-order valence-electron chi connectivity index (χ1n) is 6.97. The predicted octanol–water partition coefficient (Wildman–Crippen LogP) is 2.46. The first-order chi connectivity index (χ1) is 8.00. The number of carboxylic acids is 1. The number of nitrogens with zero attached hydrogens (tertiary/aromatic N) is 1. The van der Waals surface area contributed by atoms with E-state index >= 15 is 0 Å². The highest BCUT2D eigenvalue weighted by Gasteiger charge is 2.42. The Morgan fingerprint density at radius 3 is 2.24 bits per heavy atom. The quantitative estimate of drug-likeness (QED) is 0.822. The van der Waals surface area contributed by atoms with Gasteiger partial charge in [-0.25, -0.2) is 0 Å². The molecule has 0 spiro atoms. The lowest BCUT2D eigenvalue weighted by Gasteiger charge is -2.51. The predicted molar refractivity (Wildman–Crippen MR) is 67.8 cm³/mol. The van der Waals surface area contributed by atoms with Gasteiger partial charge < -0.3 is 5.11 Å². The van der Waals surface area contributed by atoms with E-state index in [-0.39, 0.29) is 5.92 Å². The zero-order valence-corrected chi connectivity index (χ0v) is 11.2. The molecular weight excluding hydrogens is 214 g/mol. The first kappa shape index (κ1) is 12.9. The fourth-order valence-electron chi connectivity index (χ4n) is 3.69. The minimum Gasteiger partial charge on any atom is -0.481 e. The monoisotopic (exact) mass is 239 g/mol. The van der Waals surface area contributed by atoms with Gasteiger partial charge in [-0.1, -0.05) is 27.2 Å². The SMILES string of the molecule is CC1CCCC(C)C1N1CC(C(C)C(=O)O)C1. The minimum atomic E-state index is -0.639. The molecule has 3 atom stereocenters. The van der Waals surface area contributed by atoms with Crippen LogP contribution in [0.5, 0.6) is 0 Å². The van der Waals surface area contributed by atoms with E-state index in [4.69, 9.17) is 5.11 Å². The highest BCUT2D eigenvalue weighted by atomic mass is 16.4. The molecule has 1 saturated heterocycles. The van der Waals surface area contributed by atoms with Crippen molar-refractivity contribution in [2.45, 2.75) is 46.1 Å². The second-order valence-corrected chi connectivity index (χ2v) is 6.22. The zero-order chi connectivity index (χ0) is 12.6. The average Bonchev–Trinajstić information content (AvgIpc) is 2.19. The van der Waals surface area contributed by atoms with Crippen molar-refractivity contribution >= 4 is 5.97 Å². The summed E-state index contributed by atoms with van der Waals surface area (Å²) in [5.74, 6) is 1.10. The number of hydrogen-bond donors (Lipinski definition) is 1. The number of likely N-dealkylation sites (tertiary alicyclic amines) is 1. The third-order valence-corrected chi connectivity index (χ3v) is 4.94. The molecule has 98 valence electrons. The smallest absolute Gasteiger partial charge is 0.306 e. The summed E-state index contributed by atoms with van der Waals surface area (Å²) < 4.78 is 0. The van der Waals surface area contributed by atoms with Gasteiger partial charge in [0.2, 0.25) is 0 Å². The van der Waals surface area contributed by atoms with Crippen LogP contribution in [0.25, 0.3) is 0 Å². The Morgan fingerprint density at radius 2 is 1.76 bits per heavy atom. The maximum absolute atomic E-state index is 10.9. The van der Waals surface area contributed by atoms with E-state index in [1.807, 2.05) is 6.92 Å². The number of rotatable bonds is 3. The van der Waals surface area contributed by atoms with Crippen LogP contribution in [0.1, 0.15) is 40.0 Å². The maximum atomic E-state index is 10.9. The Labute approximate surface area is 104 Å². The molecule has 2 rings (SSSR count). The van der Waals surface area contributed by atoms with Crippen molar-refractivity contribution in [2.75, 3.05) is 13.1 Å². The van der Waals surface area contributed by atoms with Gasteiger partial charge in [-0.2, -0.15) is 0 Å². The lowest BCUT2D eigenvalue weighted by Crippen LogP contribution is -2.59. The normalized spacial score (nSPS) is 37.5. The van der Waals surface area contributed by atoms with Crippen LogP contribution >= 0.6 is 0 Å². The average molecular weight is 239 g/mol. The van der Waals surface area contributed by atoms with Gasteiger partial charge >= 0.3 is 5.97 Å². The van der Waals surface area contributed by atoms with Crippen LogP contribution in [0.15, 0.2) is 0 Å². The van der Waals surface area contributed by atoms with Gasteiger partial charge in [-0.15, -0.1) is 0 Å². The van der Waals surface area contributed by atoms with Crippen molar-refractivity contribution in [1.82, 2.24) is 4.90 Å². The molecule has 0 radical (unpaired) electrons. The standard InChI is InChI=1S/C14H25NO2/c1-9-5-4-6-10(2)13(9)15-7-12(8-15)11(3)14(16)17/h9-13H,4-8H2,1-3H3,(H,16,17). The summed E-state index contributed by atoms with van der Waals surface area (Å²) in [6, 6.07) is 0.695. The minimum absolute atomic E-state index is 0.180. The lowest BCUT2D eigenvalue weighted by molar-refractivity contribution is -0.146. The molecule has 3 heteroatoms. The van der Waals surface area contributed by atoms with E-state index in [1.54, 1.807) is 0 Å². The summed E-state index contributed by atoms with van der Waals surface area (Å²) in [6.45, 7) is 8.54. The van der Waals surface area contributed by atoms with Crippen LogP contribution in [0.2, 0.25) is 0 Å². The molecule has 1 N–H and O–H groups in total. The lowest BCUT2D eigenvalue weighted by atomic mass is 9.74. The fourth-order valence-corrected chi connectivity index (χ4v) is 3.69. The Hall–Kier alpha value is -0.570. The molecule has 0 aromatic rings. The number of carbonyl (C=O) groups is 1. The second-order valence-electron chi connectivity index (χ2n) is 6.22. The zero-order valence-electron chi connectivity index (χ0n) is 11.2. The third kappa shape index (κ3) is 2.49. The van der Waals surface area contributed by atoms with Crippen LogP contribution in [-0.4, -0.2) is 35.1 Å². The van der Waals surface area contributed by atoms with E-state index in [0.717, 1.165) is 24.9 Å². The Kier molecular flexibility index (Phi) is 3.76. The van der Waals surface area contributed by atoms with Crippen molar-refractivity contribution in [2.24, 2.45) is 23.7 Å². The van der Waals surface area contributed by atoms with Crippen molar-refractivity contribution in [3.63, 3.8) is 0 Å². The molecule has 1 aliphatic heterocycles. The van der Waals surface area contributed by atoms with Crippen LogP contribution in [-0.2, 0) is 4.79 Å². The van der Waals surface area contributed by atoms with Crippen molar-refractivity contribution in [3.8, 4) is 0 Å². The van der Waals surface area contributed by atoms with Crippen LogP contribution < -0.4 is 0 Å². The number of hydrogen-bond acceptors (Lipinski definition) is 2. The maximum Gasteiger partial charge on any atom is 0.306 e.